The lowest BCUT2D eigenvalue weighted by atomic mass is 10.1. The number of ether oxygens (including phenoxy) is 1. The summed E-state index contributed by atoms with van der Waals surface area (Å²) in [5.41, 5.74) is -0.435. The van der Waals surface area contributed by atoms with Crippen LogP contribution in [0.2, 0.25) is 10.0 Å². The number of pyridine rings is 1. The Morgan fingerprint density at radius 2 is 1.91 bits per heavy atom. The predicted molar refractivity (Wildman–Crippen MR) is 112 cm³/mol. The van der Waals surface area contributed by atoms with Gasteiger partial charge in [-0.2, -0.15) is 8.78 Å². The van der Waals surface area contributed by atoms with Gasteiger partial charge in [-0.1, -0.05) is 23.2 Å². The summed E-state index contributed by atoms with van der Waals surface area (Å²) in [6.45, 7) is 1.62. The first-order valence-corrected chi connectivity index (χ1v) is 10.0. The van der Waals surface area contributed by atoms with Crippen LogP contribution in [0.5, 0.6) is 5.88 Å². The van der Waals surface area contributed by atoms with Crippen LogP contribution in [-0.2, 0) is 0 Å². The van der Waals surface area contributed by atoms with Crippen molar-refractivity contribution < 1.29 is 31.1 Å². The highest BCUT2D eigenvalue weighted by Crippen LogP contribution is 2.34. The number of aromatic nitrogens is 4. The molecule has 4 aromatic rings. The van der Waals surface area contributed by atoms with Gasteiger partial charge in [-0.25, -0.2) is 32.6 Å². The van der Waals surface area contributed by atoms with E-state index in [4.69, 9.17) is 27.6 Å². The summed E-state index contributed by atoms with van der Waals surface area (Å²) in [6, 6.07) is 6.53. The number of nitrogens with zero attached hydrogens (tertiary/aromatic N) is 4. The van der Waals surface area contributed by atoms with Gasteiger partial charge in [0.05, 0.1) is 15.9 Å². The van der Waals surface area contributed by atoms with Crippen LogP contribution in [-0.4, -0.2) is 38.5 Å². The first kappa shape index (κ1) is 23.9. The van der Waals surface area contributed by atoms with Gasteiger partial charge in [0.15, 0.2) is 5.82 Å². The monoisotopic (exact) mass is 520 g/mol. The topological polar surface area (TPSA) is 83.0 Å². The number of alkyl halides is 5. The van der Waals surface area contributed by atoms with E-state index in [0.29, 0.717) is 5.56 Å². The molecule has 0 saturated heterocycles. The van der Waals surface area contributed by atoms with E-state index in [1.54, 1.807) is 6.92 Å². The highest BCUT2D eigenvalue weighted by atomic mass is 35.5. The maximum Gasteiger partial charge on any atom is 0.436 e. The second-order valence-corrected chi connectivity index (χ2v) is 7.76. The summed E-state index contributed by atoms with van der Waals surface area (Å²) in [7, 11) is 0. The maximum absolute atomic E-state index is 13.9. The highest BCUT2D eigenvalue weighted by Gasteiger charge is 2.49. The van der Waals surface area contributed by atoms with E-state index in [1.807, 2.05) is 0 Å². The van der Waals surface area contributed by atoms with E-state index in [-0.39, 0.29) is 32.5 Å². The van der Waals surface area contributed by atoms with Crippen molar-refractivity contribution in [2.75, 3.05) is 0 Å². The van der Waals surface area contributed by atoms with Crippen molar-refractivity contribution in [3.63, 3.8) is 0 Å². The third kappa shape index (κ3) is 4.42. The van der Waals surface area contributed by atoms with Crippen LogP contribution in [0, 0.1) is 6.92 Å². The fourth-order valence-electron chi connectivity index (χ4n) is 3.01. The molecule has 1 aromatic carbocycles. The lowest BCUT2D eigenvalue weighted by molar-refractivity contribution is -0.246. The third-order valence-corrected chi connectivity index (χ3v) is 5.03. The molecule has 1 unspecified atom stereocenters. The van der Waals surface area contributed by atoms with Crippen LogP contribution in [0.3, 0.4) is 0 Å². The normalized spacial score (nSPS) is 13.0. The molecule has 34 heavy (non-hydrogen) atoms. The number of rotatable bonds is 6. The van der Waals surface area contributed by atoms with Crippen molar-refractivity contribution in [3.8, 4) is 23.3 Å². The molecule has 3 heterocycles. The minimum absolute atomic E-state index is 0.00722. The number of benzene rings is 1. The summed E-state index contributed by atoms with van der Waals surface area (Å²) >= 11 is 12.1. The summed E-state index contributed by atoms with van der Waals surface area (Å²) in [5, 5.41) is 4.03. The van der Waals surface area contributed by atoms with Crippen molar-refractivity contribution >= 4 is 34.1 Å². The van der Waals surface area contributed by atoms with Gasteiger partial charge in [-0.15, -0.1) is 5.10 Å². The van der Waals surface area contributed by atoms with Gasteiger partial charge in [0.1, 0.15) is 5.69 Å². The van der Waals surface area contributed by atoms with Crippen LogP contribution >= 0.6 is 23.2 Å². The number of fused-ring (bicyclic) bond motifs is 1. The highest BCUT2D eigenvalue weighted by molar-refractivity contribution is 6.32. The molecule has 14 heteroatoms. The van der Waals surface area contributed by atoms with Crippen LogP contribution in [0.4, 0.5) is 22.0 Å². The molecule has 178 valence electrons. The molecule has 0 aliphatic carbocycles. The number of halogens is 7. The molecular formula is C20H11Cl2F5N4O3. The van der Waals surface area contributed by atoms with Crippen LogP contribution in [0.25, 0.3) is 28.3 Å². The van der Waals surface area contributed by atoms with Gasteiger partial charge in [0.2, 0.25) is 11.8 Å². The van der Waals surface area contributed by atoms with Crippen molar-refractivity contribution in [1.82, 2.24) is 19.7 Å². The smallest absolute Gasteiger partial charge is 0.411 e. The molecule has 3 aromatic heterocycles. The first-order valence-electron chi connectivity index (χ1n) is 9.29. The number of hydrogen-bond acceptors (Lipinski definition) is 6. The van der Waals surface area contributed by atoms with Crippen LogP contribution < -0.4 is 10.4 Å². The lowest BCUT2D eigenvalue weighted by Crippen LogP contribution is -2.41. The van der Waals surface area contributed by atoms with Crippen LogP contribution in [0.15, 0.2) is 45.7 Å². The van der Waals surface area contributed by atoms with E-state index in [1.165, 1.54) is 30.5 Å². The fraction of sp³-hybridized carbons (Fsp3) is 0.200. The van der Waals surface area contributed by atoms with E-state index < -0.39 is 36.1 Å². The molecule has 0 bridgehead atoms. The van der Waals surface area contributed by atoms with Crippen molar-refractivity contribution in [2.45, 2.75) is 25.6 Å². The zero-order chi connectivity index (χ0) is 24.8. The Kier molecular flexibility index (Phi) is 6.21. The Balaban J connectivity index is 1.92. The second-order valence-electron chi connectivity index (χ2n) is 6.91. The van der Waals surface area contributed by atoms with E-state index in [0.717, 1.165) is 10.7 Å². The molecule has 0 N–H and O–H groups in total. The van der Waals surface area contributed by atoms with Gasteiger partial charge in [0, 0.05) is 17.3 Å². The summed E-state index contributed by atoms with van der Waals surface area (Å²) in [5.74, 6) is -1.52. The molecule has 1 atom stereocenters. The average Bonchev–Trinajstić information content (AvgIpc) is 3.16. The largest absolute Gasteiger partial charge is 0.436 e. The number of hydrogen-bond donors (Lipinski definition) is 0. The van der Waals surface area contributed by atoms with E-state index >= 15 is 0 Å². The molecule has 0 aliphatic heterocycles. The Morgan fingerprint density at radius 3 is 2.59 bits per heavy atom. The van der Waals surface area contributed by atoms with Crippen LogP contribution in [0.1, 0.15) is 5.56 Å². The second kappa shape index (κ2) is 8.84. The third-order valence-electron chi connectivity index (χ3n) is 4.52. The van der Waals surface area contributed by atoms with E-state index in [9.17, 15) is 26.7 Å². The Hall–Kier alpha value is -3.25. The van der Waals surface area contributed by atoms with Gasteiger partial charge in [-0.05, 0) is 36.8 Å². The fourth-order valence-corrected chi connectivity index (χ4v) is 3.49. The molecule has 0 saturated carbocycles. The molecule has 0 fully saturated rings. The Labute approximate surface area is 196 Å². The van der Waals surface area contributed by atoms with Crippen molar-refractivity contribution in [3.05, 3.63) is 62.6 Å². The molecular weight excluding hydrogens is 510 g/mol. The van der Waals surface area contributed by atoms with E-state index in [2.05, 4.69) is 19.8 Å². The molecule has 4 rings (SSSR count). The summed E-state index contributed by atoms with van der Waals surface area (Å²) in [4.78, 5) is 20.8. The zero-order valence-electron chi connectivity index (χ0n) is 16.8. The molecule has 0 amide bonds. The average molecular weight is 521 g/mol. The predicted octanol–water partition coefficient (Wildman–Crippen LogP) is 5.63. The lowest BCUT2D eigenvalue weighted by Gasteiger charge is -2.19. The first-order chi connectivity index (χ1) is 16.0. The summed E-state index contributed by atoms with van der Waals surface area (Å²) < 4.78 is 76.3. The maximum atomic E-state index is 13.9. The standard InChI is InChI=1S/C20H11Cl2F5N4O3/c1-8-5-9(21)6-10-14(8)29-18(33-19(10)32)12-7-13(34-20(26,27)15(23)16(24)25)30-31(12)17-11(22)3-2-4-28-17/h2-7,15-16H,1H3. The van der Waals surface area contributed by atoms with Gasteiger partial charge in [0.25, 0.3) is 12.6 Å². The van der Waals surface area contributed by atoms with Crippen molar-refractivity contribution in [2.24, 2.45) is 0 Å². The van der Waals surface area contributed by atoms with Gasteiger partial charge >= 0.3 is 11.7 Å². The zero-order valence-corrected chi connectivity index (χ0v) is 18.3. The quantitative estimate of drug-likeness (QED) is 0.306. The summed E-state index contributed by atoms with van der Waals surface area (Å²) in [6.07, 6.45) is -11.6. The Bertz CT molecular complexity index is 1440. The minimum Gasteiger partial charge on any atom is -0.411 e. The molecule has 0 radical (unpaired) electrons. The SMILES string of the molecule is Cc1cc(Cl)cc2c(=O)oc(-c3cc(OC(F)(F)C(F)C(F)F)nn3-c3ncccc3Cl)nc12. The Morgan fingerprint density at radius 1 is 1.18 bits per heavy atom. The molecule has 0 spiro atoms. The van der Waals surface area contributed by atoms with Crippen molar-refractivity contribution in [1.29, 1.82) is 0 Å². The van der Waals surface area contributed by atoms with Gasteiger partial charge < -0.3 is 9.15 Å². The molecule has 7 nitrogen and oxygen atoms in total. The molecule has 0 aliphatic rings. The minimum atomic E-state index is -4.93. The van der Waals surface area contributed by atoms with Gasteiger partial charge in [-0.3, -0.25) is 0 Å². The number of aryl methyl sites for hydroxylation is 1.